The molecule has 1 aliphatic carbocycles. The number of morpholine rings is 1. The summed E-state index contributed by atoms with van der Waals surface area (Å²) in [5.74, 6) is 6.56. The van der Waals surface area contributed by atoms with E-state index in [1.807, 2.05) is 30.4 Å². The van der Waals surface area contributed by atoms with E-state index in [-0.39, 0.29) is 35.3 Å². The van der Waals surface area contributed by atoms with Gasteiger partial charge in [0.05, 0.1) is 37.8 Å². The molecule has 1 atom stereocenters. The Morgan fingerprint density at radius 2 is 2.10 bits per heavy atom. The van der Waals surface area contributed by atoms with Crippen molar-refractivity contribution in [1.82, 2.24) is 24.6 Å². The van der Waals surface area contributed by atoms with Crippen molar-refractivity contribution in [2.45, 2.75) is 71.2 Å². The van der Waals surface area contributed by atoms with Gasteiger partial charge in [-0.3, -0.25) is 9.59 Å². The lowest BCUT2D eigenvalue weighted by Crippen LogP contribution is -2.64. The Kier molecular flexibility index (Phi) is 5.11. The van der Waals surface area contributed by atoms with Crippen molar-refractivity contribution in [2.75, 3.05) is 19.7 Å². The Labute approximate surface area is 171 Å². The molecular weight excluding hydrogens is 370 g/mol. The molecule has 3 heterocycles. The number of carbonyl (C=O) groups is 2. The van der Waals surface area contributed by atoms with Crippen LogP contribution < -0.4 is 0 Å². The highest BCUT2D eigenvalue weighted by Gasteiger charge is 2.49. The Morgan fingerprint density at radius 3 is 2.79 bits per heavy atom. The largest absolute Gasteiger partial charge is 0.373 e. The molecule has 0 N–H and O–H groups in total. The molecule has 8 heteroatoms. The van der Waals surface area contributed by atoms with Crippen molar-refractivity contribution >= 4 is 11.8 Å². The van der Waals surface area contributed by atoms with E-state index in [1.54, 1.807) is 4.90 Å². The van der Waals surface area contributed by atoms with Gasteiger partial charge in [0.15, 0.2) is 0 Å². The highest BCUT2D eigenvalue weighted by Crippen LogP contribution is 2.41. The maximum absolute atomic E-state index is 12.9. The van der Waals surface area contributed by atoms with Gasteiger partial charge in [-0.25, -0.2) is 9.67 Å². The second-order valence-electron chi connectivity index (χ2n) is 9.35. The summed E-state index contributed by atoms with van der Waals surface area (Å²) in [6, 6.07) is 0. The molecule has 4 rings (SSSR count). The van der Waals surface area contributed by atoms with Crippen LogP contribution in [-0.2, 0) is 27.4 Å². The van der Waals surface area contributed by atoms with Crippen molar-refractivity contribution in [1.29, 1.82) is 0 Å². The first kappa shape index (κ1) is 19.9. The lowest BCUT2D eigenvalue weighted by atomic mass is 9.74. The lowest BCUT2D eigenvalue weighted by Gasteiger charge is -2.53. The molecule has 2 aliphatic heterocycles. The molecule has 1 aromatic heterocycles. The fraction of sp³-hybridized carbons (Fsp3) is 0.714. The van der Waals surface area contributed by atoms with Gasteiger partial charge in [-0.1, -0.05) is 5.92 Å². The van der Waals surface area contributed by atoms with Gasteiger partial charge in [-0.15, -0.1) is 0 Å². The number of amides is 2. The third kappa shape index (κ3) is 4.15. The fourth-order valence-electron chi connectivity index (χ4n) is 4.13. The van der Waals surface area contributed by atoms with Crippen LogP contribution in [0.2, 0.25) is 0 Å². The van der Waals surface area contributed by atoms with Crippen LogP contribution in [0.25, 0.3) is 0 Å². The monoisotopic (exact) mass is 399 g/mol. The van der Waals surface area contributed by atoms with Crippen molar-refractivity contribution in [3.63, 3.8) is 0 Å². The molecule has 1 unspecified atom stereocenters. The predicted octanol–water partition coefficient (Wildman–Crippen LogP) is 1.21. The molecule has 29 heavy (non-hydrogen) atoms. The zero-order chi connectivity index (χ0) is 20.6. The normalized spacial score (nSPS) is 23.1. The van der Waals surface area contributed by atoms with Crippen LogP contribution in [0.4, 0.5) is 0 Å². The number of rotatable bonds is 2. The van der Waals surface area contributed by atoms with Crippen LogP contribution in [0.5, 0.6) is 0 Å². The zero-order valence-corrected chi connectivity index (χ0v) is 17.5. The van der Waals surface area contributed by atoms with E-state index >= 15 is 0 Å². The van der Waals surface area contributed by atoms with E-state index in [9.17, 15) is 9.59 Å². The summed E-state index contributed by atoms with van der Waals surface area (Å²) in [5.41, 5.74) is -0.455. The Hall–Kier alpha value is -2.40. The lowest BCUT2D eigenvalue weighted by molar-refractivity contribution is -0.169. The van der Waals surface area contributed by atoms with Crippen LogP contribution in [0.15, 0.2) is 6.33 Å². The average molecular weight is 399 g/mol. The van der Waals surface area contributed by atoms with Crippen LogP contribution in [-0.4, -0.2) is 67.7 Å². The Balaban J connectivity index is 1.41. The number of hydrogen-bond acceptors (Lipinski definition) is 5. The standard InChI is InChI=1S/C21H29N5O3/c1-20(2,3)8-5-18(27)25-12-16(29-14-21(25)6-4-7-21)11-19(28)24-9-10-26-17(13-24)22-15-23-26/h15-16H,4,6-7,9-14H2,1-3H3. The molecule has 2 fully saturated rings. The number of ether oxygens (including phenoxy) is 1. The van der Waals surface area contributed by atoms with E-state index < -0.39 is 0 Å². The van der Waals surface area contributed by atoms with Gasteiger partial charge in [0.1, 0.15) is 12.2 Å². The minimum absolute atomic E-state index is 0.0296. The highest BCUT2D eigenvalue weighted by molar-refractivity contribution is 5.94. The van der Waals surface area contributed by atoms with Gasteiger partial charge in [0.2, 0.25) is 5.91 Å². The summed E-state index contributed by atoms with van der Waals surface area (Å²) in [6.45, 7) is 8.63. The maximum Gasteiger partial charge on any atom is 0.299 e. The molecule has 0 radical (unpaired) electrons. The molecule has 1 saturated carbocycles. The topological polar surface area (TPSA) is 80.6 Å². The number of carbonyl (C=O) groups excluding carboxylic acids is 2. The molecule has 1 spiro atoms. The van der Waals surface area contributed by atoms with Crippen LogP contribution in [0.1, 0.15) is 52.3 Å². The summed E-state index contributed by atoms with van der Waals surface area (Å²) < 4.78 is 7.88. The van der Waals surface area contributed by atoms with E-state index in [4.69, 9.17) is 4.74 Å². The second kappa shape index (κ2) is 7.45. The summed E-state index contributed by atoms with van der Waals surface area (Å²) in [7, 11) is 0. The van der Waals surface area contributed by atoms with Gasteiger partial charge >= 0.3 is 0 Å². The number of fused-ring (bicyclic) bond motifs is 1. The molecule has 1 aromatic rings. The third-order valence-corrected chi connectivity index (χ3v) is 5.99. The van der Waals surface area contributed by atoms with Crippen LogP contribution in [0.3, 0.4) is 0 Å². The number of nitrogens with zero attached hydrogens (tertiary/aromatic N) is 5. The molecule has 156 valence electrons. The molecule has 0 bridgehead atoms. The smallest absolute Gasteiger partial charge is 0.299 e. The maximum atomic E-state index is 12.9. The summed E-state index contributed by atoms with van der Waals surface area (Å²) in [6.07, 6.45) is 4.47. The van der Waals surface area contributed by atoms with Crippen LogP contribution >= 0.6 is 0 Å². The first-order valence-electron chi connectivity index (χ1n) is 10.4. The first-order valence-corrected chi connectivity index (χ1v) is 10.4. The van der Waals surface area contributed by atoms with Gasteiger partial charge in [0, 0.05) is 18.5 Å². The van der Waals surface area contributed by atoms with Crippen molar-refractivity contribution in [3.05, 3.63) is 12.2 Å². The number of hydrogen-bond donors (Lipinski definition) is 0. The van der Waals surface area contributed by atoms with Crippen molar-refractivity contribution in [2.24, 2.45) is 5.41 Å². The predicted molar refractivity (Wildman–Crippen MR) is 105 cm³/mol. The SMILES string of the molecule is CC(C)(C)C#CC(=O)N1CC(CC(=O)N2CCn3ncnc3C2)OCC12CCC2. The van der Waals surface area contributed by atoms with Crippen LogP contribution in [0, 0.1) is 17.3 Å². The quantitative estimate of drug-likeness (QED) is 0.699. The third-order valence-electron chi connectivity index (χ3n) is 5.99. The van der Waals surface area contributed by atoms with Crippen molar-refractivity contribution in [3.8, 4) is 11.8 Å². The summed E-state index contributed by atoms with van der Waals surface area (Å²) in [5, 5.41) is 4.15. The molecule has 0 aromatic carbocycles. The van der Waals surface area contributed by atoms with E-state index in [1.165, 1.54) is 6.33 Å². The van der Waals surface area contributed by atoms with E-state index in [0.29, 0.717) is 32.8 Å². The van der Waals surface area contributed by atoms with Gasteiger partial charge < -0.3 is 14.5 Å². The summed E-state index contributed by atoms with van der Waals surface area (Å²) >= 11 is 0. The molecule has 2 amide bonds. The van der Waals surface area contributed by atoms with E-state index in [0.717, 1.165) is 25.1 Å². The van der Waals surface area contributed by atoms with E-state index in [2.05, 4.69) is 21.9 Å². The Morgan fingerprint density at radius 1 is 1.31 bits per heavy atom. The van der Waals surface area contributed by atoms with Gasteiger partial charge in [-0.2, -0.15) is 5.10 Å². The fourth-order valence-corrected chi connectivity index (χ4v) is 4.13. The minimum Gasteiger partial charge on any atom is -0.373 e. The molecule has 1 saturated heterocycles. The average Bonchev–Trinajstić information content (AvgIpc) is 3.12. The highest BCUT2D eigenvalue weighted by atomic mass is 16.5. The number of aromatic nitrogens is 3. The molecule has 3 aliphatic rings. The molecule has 8 nitrogen and oxygen atoms in total. The van der Waals surface area contributed by atoms with Gasteiger partial charge in [0.25, 0.3) is 5.91 Å². The molecular formula is C21H29N5O3. The van der Waals surface area contributed by atoms with Gasteiger partial charge in [-0.05, 0) is 46.0 Å². The summed E-state index contributed by atoms with van der Waals surface area (Å²) in [4.78, 5) is 33.6. The minimum atomic E-state index is -0.297. The van der Waals surface area contributed by atoms with Crippen molar-refractivity contribution < 1.29 is 14.3 Å². The second-order valence-corrected chi connectivity index (χ2v) is 9.35. The Bertz CT molecular complexity index is 856. The first-order chi connectivity index (χ1) is 13.8. The zero-order valence-electron chi connectivity index (χ0n) is 17.5.